The third kappa shape index (κ3) is 3.92. The van der Waals surface area contributed by atoms with Gasteiger partial charge >= 0.3 is 0 Å². The molecule has 0 aliphatic carbocycles. The average Bonchev–Trinajstić information content (AvgIpc) is 2.65. The highest BCUT2D eigenvalue weighted by Gasteiger charge is 1.96. The fourth-order valence-electron chi connectivity index (χ4n) is 1.46. The highest BCUT2D eigenvalue weighted by atomic mass is 15.3. The average molecular weight is 195 g/mol. The van der Waals surface area contributed by atoms with Crippen molar-refractivity contribution in [1.29, 1.82) is 0 Å². The first kappa shape index (κ1) is 11.2. The molecular weight excluding hydrogens is 174 g/mol. The van der Waals surface area contributed by atoms with Crippen LogP contribution in [0.15, 0.2) is 12.4 Å². The summed E-state index contributed by atoms with van der Waals surface area (Å²) in [6, 6.07) is 0. The van der Waals surface area contributed by atoms with Crippen molar-refractivity contribution < 1.29 is 0 Å². The largest absolute Gasteiger partial charge is 0.317 e. The number of aryl methyl sites for hydroxylation is 2. The molecule has 80 valence electrons. The van der Waals surface area contributed by atoms with Gasteiger partial charge in [0.15, 0.2) is 0 Å². The van der Waals surface area contributed by atoms with Crippen molar-refractivity contribution in [3.63, 3.8) is 0 Å². The Morgan fingerprint density at radius 1 is 1.36 bits per heavy atom. The molecule has 1 heterocycles. The van der Waals surface area contributed by atoms with Gasteiger partial charge in [0, 0.05) is 12.7 Å². The van der Waals surface area contributed by atoms with Crippen LogP contribution in [-0.4, -0.2) is 22.9 Å². The zero-order valence-electron chi connectivity index (χ0n) is 9.29. The Morgan fingerprint density at radius 3 is 2.86 bits per heavy atom. The smallest absolute Gasteiger partial charge is 0.0521 e. The van der Waals surface area contributed by atoms with Crippen LogP contribution in [0.25, 0.3) is 0 Å². The van der Waals surface area contributed by atoms with E-state index in [2.05, 4.69) is 30.5 Å². The maximum Gasteiger partial charge on any atom is 0.0521 e. The summed E-state index contributed by atoms with van der Waals surface area (Å²) in [5.74, 6) is 0. The van der Waals surface area contributed by atoms with E-state index in [0.717, 1.165) is 26.1 Å². The van der Waals surface area contributed by atoms with Crippen LogP contribution in [0.3, 0.4) is 0 Å². The molecule has 0 aromatic carbocycles. The lowest BCUT2D eigenvalue weighted by Crippen LogP contribution is -2.13. The van der Waals surface area contributed by atoms with Crippen LogP contribution in [0.2, 0.25) is 0 Å². The molecule has 1 aromatic rings. The van der Waals surface area contributed by atoms with E-state index in [1.807, 2.05) is 10.9 Å². The van der Waals surface area contributed by atoms with E-state index in [-0.39, 0.29) is 0 Å². The van der Waals surface area contributed by atoms with Crippen LogP contribution >= 0.6 is 0 Å². The van der Waals surface area contributed by atoms with Gasteiger partial charge in [-0.15, -0.1) is 0 Å². The van der Waals surface area contributed by atoms with Gasteiger partial charge in [0.2, 0.25) is 0 Å². The van der Waals surface area contributed by atoms with Crippen LogP contribution < -0.4 is 5.32 Å². The quantitative estimate of drug-likeness (QED) is 0.673. The Bertz CT molecular complexity index is 242. The van der Waals surface area contributed by atoms with E-state index in [0.29, 0.717) is 0 Å². The second-order valence-electron chi connectivity index (χ2n) is 3.51. The molecule has 0 atom stereocenters. The highest BCUT2D eigenvalue weighted by molar-refractivity contribution is 5.03. The molecule has 0 saturated heterocycles. The predicted molar refractivity (Wildman–Crippen MR) is 59.4 cm³/mol. The number of hydrogen-bond acceptors (Lipinski definition) is 2. The first-order valence-electron chi connectivity index (χ1n) is 5.58. The lowest BCUT2D eigenvalue weighted by atomic mass is 10.1. The second kappa shape index (κ2) is 6.60. The Balaban J connectivity index is 2.12. The molecule has 0 spiro atoms. The van der Waals surface area contributed by atoms with E-state index < -0.39 is 0 Å². The number of nitrogens with zero attached hydrogens (tertiary/aromatic N) is 2. The molecule has 0 saturated carbocycles. The summed E-state index contributed by atoms with van der Waals surface area (Å²) in [6.45, 7) is 7.44. The fourth-order valence-corrected chi connectivity index (χ4v) is 1.46. The van der Waals surface area contributed by atoms with Crippen LogP contribution in [0.1, 0.15) is 32.3 Å². The SMILES string of the molecule is CCNCCCCc1cnn(CC)c1. The summed E-state index contributed by atoms with van der Waals surface area (Å²) >= 11 is 0. The lowest BCUT2D eigenvalue weighted by Gasteiger charge is -1.99. The fraction of sp³-hybridized carbons (Fsp3) is 0.727. The Kier molecular flexibility index (Phi) is 5.30. The zero-order valence-corrected chi connectivity index (χ0v) is 9.29. The van der Waals surface area contributed by atoms with Crippen LogP contribution in [-0.2, 0) is 13.0 Å². The Hall–Kier alpha value is -0.830. The van der Waals surface area contributed by atoms with Crippen LogP contribution in [0.5, 0.6) is 0 Å². The van der Waals surface area contributed by atoms with Gasteiger partial charge in [0.25, 0.3) is 0 Å². The van der Waals surface area contributed by atoms with Crippen molar-refractivity contribution in [1.82, 2.24) is 15.1 Å². The Morgan fingerprint density at radius 2 is 2.21 bits per heavy atom. The summed E-state index contributed by atoms with van der Waals surface area (Å²) in [5, 5.41) is 7.58. The molecule has 0 aliphatic heterocycles. The predicted octanol–water partition coefficient (Wildman–Crippen LogP) is 1.84. The minimum atomic E-state index is 0.970. The third-order valence-electron chi connectivity index (χ3n) is 2.33. The van der Waals surface area contributed by atoms with Gasteiger partial charge in [-0.3, -0.25) is 4.68 Å². The van der Waals surface area contributed by atoms with E-state index in [1.165, 1.54) is 18.4 Å². The van der Waals surface area contributed by atoms with Crippen molar-refractivity contribution in [2.24, 2.45) is 0 Å². The minimum Gasteiger partial charge on any atom is -0.317 e. The van der Waals surface area contributed by atoms with Gasteiger partial charge in [-0.2, -0.15) is 5.10 Å². The summed E-state index contributed by atoms with van der Waals surface area (Å²) < 4.78 is 1.99. The summed E-state index contributed by atoms with van der Waals surface area (Å²) in [7, 11) is 0. The molecule has 0 bridgehead atoms. The molecule has 0 aliphatic rings. The van der Waals surface area contributed by atoms with Crippen molar-refractivity contribution in [2.45, 2.75) is 39.7 Å². The molecule has 1 aromatic heterocycles. The highest BCUT2D eigenvalue weighted by Crippen LogP contribution is 2.03. The van der Waals surface area contributed by atoms with Gasteiger partial charge in [-0.1, -0.05) is 6.92 Å². The topological polar surface area (TPSA) is 29.9 Å². The number of aromatic nitrogens is 2. The van der Waals surface area contributed by atoms with Gasteiger partial charge < -0.3 is 5.32 Å². The maximum absolute atomic E-state index is 4.25. The van der Waals surface area contributed by atoms with Crippen molar-refractivity contribution in [3.8, 4) is 0 Å². The summed E-state index contributed by atoms with van der Waals surface area (Å²) in [5.41, 5.74) is 1.36. The number of hydrogen-bond donors (Lipinski definition) is 1. The third-order valence-corrected chi connectivity index (χ3v) is 2.33. The Labute approximate surface area is 86.5 Å². The molecule has 3 heteroatoms. The molecule has 3 nitrogen and oxygen atoms in total. The van der Waals surface area contributed by atoms with Crippen molar-refractivity contribution in [2.75, 3.05) is 13.1 Å². The number of unbranched alkanes of at least 4 members (excludes halogenated alkanes) is 1. The van der Waals surface area contributed by atoms with Gasteiger partial charge in [-0.25, -0.2) is 0 Å². The maximum atomic E-state index is 4.25. The molecule has 0 unspecified atom stereocenters. The molecular formula is C11H21N3. The standard InChI is InChI=1S/C11H21N3/c1-3-12-8-6-5-7-11-9-13-14(4-2)10-11/h9-10,12H,3-8H2,1-2H3. The molecule has 0 amide bonds. The summed E-state index contributed by atoms with van der Waals surface area (Å²) in [6.07, 6.45) is 7.79. The number of rotatable bonds is 7. The van der Waals surface area contributed by atoms with Gasteiger partial charge in [0.1, 0.15) is 0 Å². The van der Waals surface area contributed by atoms with E-state index in [9.17, 15) is 0 Å². The summed E-state index contributed by atoms with van der Waals surface area (Å²) in [4.78, 5) is 0. The first-order chi connectivity index (χ1) is 6.86. The second-order valence-corrected chi connectivity index (χ2v) is 3.51. The molecule has 0 fully saturated rings. The van der Waals surface area contributed by atoms with E-state index in [4.69, 9.17) is 0 Å². The monoisotopic (exact) mass is 195 g/mol. The minimum absolute atomic E-state index is 0.970. The van der Waals surface area contributed by atoms with Gasteiger partial charge in [-0.05, 0) is 44.8 Å². The van der Waals surface area contributed by atoms with E-state index in [1.54, 1.807) is 0 Å². The van der Waals surface area contributed by atoms with E-state index >= 15 is 0 Å². The normalized spacial score (nSPS) is 10.7. The lowest BCUT2D eigenvalue weighted by molar-refractivity contribution is 0.638. The number of nitrogens with one attached hydrogen (secondary N) is 1. The van der Waals surface area contributed by atoms with Gasteiger partial charge in [0.05, 0.1) is 6.20 Å². The molecule has 1 rings (SSSR count). The van der Waals surface area contributed by atoms with Crippen molar-refractivity contribution in [3.05, 3.63) is 18.0 Å². The first-order valence-corrected chi connectivity index (χ1v) is 5.58. The molecule has 0 radical (unpaired) electrons. The molecule has 14 heavy (non-hydrogen) atoms. The zero-order chi connectivity index (χ0) is 10.2. The van der Waals surface area contributed by atoms with Crippen LogP contribution in [0.4, 0.5) is 0 Å². The molecule has 1 N–H and O–H groups in total. The van der Waals surface area contributed by atoms with Crippen molar-refractivity contribution >= 4 is 0 Å². The van der Waals surface area contributed by atoms with Crippen LogP contribution in [0, 0.1) is 0 Å².